The van der Waals surface area contributed by atoms with Gasteiger partial charge >= 0.3 is 0 Å². The minimum absolute atomic E-state index is 0.0697. The van der Waals surface area contributed by atoms with Crippen LogP contribution < -0.4 is 0 Å². The third kappa shape index (κ3) is 2.37. The van der Waals surface area contributed by atoms with Gasteiger partial charge < -0.3 is 0 Å². The fourth-order valence-corrected chi connectivity index (χ4v) is 1.89. The van der Waals surface area contributed by atoms with Crippen LogP contribution in [0.5, 0.6) is 0 Å². The van der Waals surface area contributed by atoms with Crippen LogP contribution in [0.3, 0.4) is 0 Å². The van der Waals surface area contributed by atoms with E-state index in [4.69, 9.17) is 11.6 Å². The molecule has 2 aromatic rings. The zero-order valence-corrected chi connectivity index (χ0v) is 9.96. The van der Waals surface area contributed by atoms with E-state index in [1.807, 2.05) is 13.0 Å². The molecule has 1 nitrogen and oxygen atoms in total. The molecule has 86 valence electrons. The molecule has 0 aliphatic carbocycles. The summed E-state index contributed by atoms with van der Waals surface area (Å²) in [4.78, 5) is 12.1. The molecule has 0 aromatic heterocycles. The van der Waals surface area contributed by atoms with Crippen LogP contribution in [0, 0.1) is 12.7 Å². The van der Waals surface area contributed by atoms with Crippen molar-refractivity contribution >= 4 is 17.4 Å². The van der Waals surface area contributed by atoms with Crippen molar-refractivity contribution in [3.63, 3.8) is 0 Å². The Labute approximate surface area is 104 Å². The Balaban J connectivity index is 2.51. The highest BCUT2D eigenvalue weighted by Crippen LogP contribution is 2.22. The van der Waals surface area contributed by atoms with Gasteiger partial charge in [0.05, 0.1) is 10.6 Å². The van der Waals surface area contributed by atoms with Crippen LogP contribution in [-0.2, 0) is 0 Å². The second kappa shape index (κ2) is 4.68. The average Bonchev–Trinajstić information content (AvgIpc) is 2.28. The summed E-state index contributed by atoms with van der Waals surface area (Å²) < 4.78 is 13.6. The van der Waals surface area contributed by atoms with Crippen LogP contribution in [0.1, 0.15) is 21.5 Å². The first-order valence-electron chi connectivity index (χ1n) is 5.15. The molecule has 2 rings (SSSR count). The maximum absolute atomic E-state index is 13.6. The topological polar surface area (TPSA) is 17.1 Å². The van der Waals surface area contributed by atoms with E-state index in [-0.39, 0.29) is 10.6 Å². The summed E-state index contributed by atoms with van der Waals surface area (Å²) in [7, 11) is 0. The number of aryl methyl sites for hydroxylation is 1. The first kappa shape index (κ1) is 11.8. The first-order chi connectivity index (χ1) is 8.09. The van der Waals surface area contributed by atoms with Crippen molar-refractivity contribution in [2.75, 3.05) is 0 Å². The molecule has 0 N–H and O–H groups in total. The van der Waals surface area contributed by atoms with Crippen molar-refractivity contribution in [2.24, 2.45) is 0 Å². The molecule has 0 spiro atoms. The molecule has 0 aliphatic heterocycles. The number of ketones is 1. The smallest absolute Gasteiger partial charge is 0.197 e. The quantitative estimate of drug-likeness (QED) is 0.734. The van der Waals surface area contributed by atoms with Crippen LogP contribution >= 0.6 is 11.6 Å². The number of carbonyl (C=O) groups is 1. The lowest BCUT2D eigenvalue weighted by molar-refractivity contribution is 0.103. The summed E-state index contributed by atoms with van der Waals surface area (Å²) in [5, 5.41) is 0.136. The van der Waals surface area contributed by atoms with E-state index in [9.17, 15) is 9.18 Å². The lowest BCUT2D eigenvalue weighted by Gasteiger charge is -2.05. The molecular formula is C14H10ClFO. The van der Waals surface area contributed by atoms with Gasteiger partial charge in [-0.3, -0.25) is 4.79 Å². The minimum Gasteiger partial charge on any atom is -0.288 e. The van der Waals surface area contributed by atoms with Gasteiger partial charge in [-0.15, -0.1) is 0 Å². The molecule has 2 aromatic carbocycles. The van der Waals surface area contributed by atoms with Crippen LogP contribution in [0.4, 0.5) is 4.39 Å². The molecule has 17 heavy (non-hydrogen) atoms. The van der Waals surface area contributed by atoms with Crippen LogP contribution in [-0.4, -0.2) is 5.78 Å². The number of carbonyl (C=O) groups excluding carboxylic acids is 1. The van der Waals surface area contributed by atoms with Crippen molar-refractivity contribution in [3.8, 4) is 0 Å². The second-order valence-electron chi connectivity index (χ2n) is 3.80. The molecule has 0 aliphatic rings. The summed E-state index contributed by atoms with van der Waals surface area (Å²) in [6.07, 6.45) is 0. The summed E-state index contributed by atoms with van der Waals surface area (Å²) in [5.74, 6) is -0.985. The molecule has 0 saturated heterocycles. The van der Waals surface area contributed by atoms with E-state index >= 15 is 0 Å². The van der Waals surface area contributed by atoms with Gasteiger partial charge in [-0.1, -0.05) is 41.4 Å². The van der Waals surface area contributed by atoms with E-state index in [2.05, 4.69) is 0 Å². The SMILES string of the molecule is Cc1cccc(C(=O)c2c(F)cccc2Cl)c1. The molecule has 0 heterocycles. The molecular weight excluding hydrogens is 239 g/mol. The van der Waals surface area contributed by atoms with Crippen LogP contribution in [0.25, 0.3) is 0 Å². The van der Waals surface area contributed by atoms with Crippen LogP contribution in [0.15, 0.2) is 42.5 Å². The average molecular weight is 249 g/mol. The van der Waals surface area contributed by atoms with Gasteiger partial charge in [-0.25, -0.2) is 4.39 Å². The molecule has 0 saturated carbocycles. The lowest BCUT2D eigenvalue weighted by Crippen LogP contribution is -2.05. The molecule has 0 fully saturated rings. The number of benzene rings is 2. The maximum atomic E-state index is 13.6. The molecule has 0 bridgehead atoms. The highest BCUT2D eigenvalue weighted by molar-refractivity contribution is 6.35. The third-order valence-corrected chi connectivity index (χ3v) is 2.79. The summed E-state index contributed by atoms with van der Waals surface area (Å²) in [5.41, 5.74) is 1.32. The molecule has 0 radical (unpaired) electrons. The van der Waals surface area contributed by atoms with Crippen molar-refractivity contribution in [1.82, 2.24) is 0 Å². The zero-order chi connectivity index (χ0) is 12.4. The van der Waals surface area contributed by atoms with Gasteiger partial charge in [0.2, 0.25) is 0 Å². The van der Waals surface area contributed by atoms with Crippen molar-refractivity contribution in [3.05, 3.63) is 70.0 Å². The van der Waals surface area contributed by atoms with Crippen LogP contribution in [0.2, 0.25) is 5.02 Å². The normalized spacial score (nSPS) is 10.3. The van der Waals surface area contributed by atoms with Crippen molar-refractivity contribution < 1.29 is 9.18 Å². The fourth-order valence-electron chi connectivity index (χ4n) is 1.65. The Morgan fingerprint density at radius 3 is 2.53 bits per heavy atom. The van der Waals surface area contributed by atoms with Gasteiger partial charge in [0.1, 0.15) is 5.82 Å². The predicted octanol–water partition coefficient (Wildman–Crippen LogP) is 4.02. The maximum Gasteiger partial charge on any atom is 0.197 e. The fraction of sp³-hybridized carbons (Fsp3) is 0.0714. The monoisotopic (exact) mass is 248 g/mol. The summed E-state index contributed by atoms with van der Waals surface area (Å²) in [6, 6.07) is 11.2. The summed E-state index contributed by atoms with van der Waals surface area (Å²) >= 11 is 5.85. The number of halogens is 2. The van der Waals surface area contributed by atoms with Gasteiger partial charge in [-0.05, 0) is 25.1 Å². The Kier molecular flexibility index (Phi) is 3.25. The van der Waals surface area contributed by atoms with Gasteiger partial charge in [0.25, 0.3) is 0 Å². The Bertz CT molecular complexity index is 558. The Morgan fingerprint density at radius 2 is 1.88 bits per heavy atom. The third-order valence-electron chi connectivity index (χ3n) is 2.47. The van der Waals surface area contributed by atoms with E-state index < -0.39 is 11.6 Å². The predicted molar refractivity (Wildman–Crippen MR) is 66.0 cm³/mol. The lowest BCUT2D eigenvalue weighted by atomic mass is 10.0. The standard InChI is InChI=1S/C14H10ClFO/c1-9-4-2-5-10(8-9)14(17)13-11(15)6-3-7-12(13)16/h2-8H,1H3. The largest absolute Gasteiger partial charge is 0.288 e. The highest BCUT2D eigenvalue weighted by Gasteiger charge is 2.17. The molecule has 0 amide bonds. The van der Waals surface area contributed by atoms with E-state index in [0.717, 1.165) is 5.56 Å². The first-order valence-corrected chi connectivity index (χ1v) is 5.53. The second-order valence-corrected chi connectivity index (χ2v) is 4.20. The van der Waals surface area contributed by atoms with E-state index in [1.54, 1.807) is 18.2 Å². The number of hydrogen-bond acceptors (Lipinski definition) is 1. The molecule has 0 unspecified atom stereocenters. The molecule has 0 atom stereocenters. The minimum atomic E-state index is -0.594. The Hall–Kier alpha value is -1.67. The van der Waals surface area contributed by atoms with Gasteiger partial charge in [0.15, 0.2) is 5.78 Å². The van der Waals surface area contributed by atoms with Gasteiger partial charge in [0, 0.05) is 5.56 Å². The van der Waals surface area contributed by atoms with Gasteiger partial charge in [-0.2, -0.15) is 0 Å². The van der Waals surface area contributed by atoms with E-state index in [1.165, 1.54) is 18.2 Å². The number of hydrogen-bond donors (Lipinski definition) is 0. The van der Waals surface area contributed by atoms with Crippen molar-refractivity contribution in [2.45, 2.75) is 6.92 Å². The highest BCUT2D eigenvalue weighted by atomic mass is 35.5. The van der Waals surface area contributed by atoms with Crippen molar-refractivity contribution in [1.29, 1.82) is 0 Å². The Morgan fingerprint density at radius 1 is 1.18 bits per heavy atom. The number of rotatable bonds is 2. The zero-order valence-electron chi connectivity index (χ0n) is 9.21. The molecule has 3 heteroatoms. The summed E-state index contributed by atoms with van der Waals surface area (Å²) in [6.45, 7) is 1.87. The van der Waals surface area contributed by atoms with E-state index in [0.29, 0.717) is 5.56 Å².